The van der Waals surface area contributed by atoms with Crippen LogP contribution in [0, 0.1) is 5.92 Å². The van der Waals surface area contributed by atoms with E-state index in [4.69, 9.17) is 9.94 Å². The molecular weight excluding hydrogens is 342 g/mol. The molecule has 0 bridgehead atoms. The molecule has 1 aliphatic rings. The molecule has 0 radical (unpaired) electrons. The Kier molecular flexibility index (Phi) is 8.01. The maximum atomic E-state index is 13.0. The lowest BCUT2D eigenvalue weighted by Gasteiger charge is -2.30. The van der Waals surface area contributed by atoms with Crippen LogP contribution in [0.2, 0.25) is 0 Å². The Morgan fingerprint density at radius 3 is 2.50 bits per heavy atom. The number of hydroxylamine groups is 1. The second-order valence-electron chi connectivity index (χ2n) is 7.34. The van der Waals surface area contributed by atoms with Crippen LogP contribution in [-0.2, 0) is 19.1 Å². The van der Waals surface area contributed by atoms with E-state index in [1.165, 1.54) is 10.4 Å². The van der Waals surface area contributed by atoms with Crippen molar-refractivity contribution in [3.8, 4) is 0 Å². The molecule has 3 N–H and O–H groups in total. The lowest BCUT2D eigenvalue weighted by atomic mass is 9.94. The number of hydrogen-bond acceptors (Lipinski definition) is 7. The van der Waals surface area contributed by atoms with Crippen LogP contribution >= 0.6 is 0 Å². The topological polar surface area (TPSA) is 129 Å². The minimum atomic E-state index is -1.05. The monoisotopic (exact) mass is 371 g/mol. The normalized spacial score (nSPS) is 19.2. The maximum Gasteiger partial charge on any atom is 0.329 e. The summed E-state index contributed by atoms with van der Waals surface area (Å²) in [5, 5.41) is 20.9. The summed E-state index contributed by atoms with van der Waals surface area (Å²) in [6, 6.07) is -0.733. The number of nitrogens with one attached hydrogen (secondary N) is 1. The van der Waals surface area contributed by atoms with E-state index in [2.05, 4.69) is 5.16 Å². The first-order valence-electron chi connectivity index (χ1n) is 8.86. The molecule has 2 amide bonds. The van der Waals surface area contributed by atoms with Crippen molar-refractivity contribution in [3.63, 3.8) is 0 Å². The molecule has 1 heterocycles. The van der Waals surface area contributed by atoms with E-state index >= 15 is 0 Å². The largest absolute Gasteiger partial charge is 0.458 e. The van der Waals surface area contributed by atoms with Crippen LogP contribution in [-0.4, -0.2) is 57.0 Å². The van der Waals surface area contributed by atoms with E-state index in [-0.39, 0.29) is 6.42 Å². The van der Waals surface area contributed by atoms with Crippen molar-refractivity contribution in [1.29, 1.82) is 0 Å². The van der Waals surface area contributed by atoms with Gasteiger partial charge in [0.15, 0.2) is 5.71 Å². The van der Waals surface area contributed by atoms with Crippen molar-refractivity contribution >= 4 is 23.5 Å². The van der Waals surface area contributed by atoms with Gasteiger partial charge in [0, 0.05) is 6.54 Å². The summed E-state index contributed by atoms with van der Waals surface area (Å²) in [5.74, 6) is -3.07. The van der Waals surface area contributed by atoms with Crippen molar-refractivity contribution in [3.05, 3.63) is 0 Å². The summed E-state index contributed by atoms with van der Waals surface area (Å²) in [6.07, 6.45) is 2.74. The van der Waals surface area contributed by atoms with Gasteiger partial charge >= 0.3 is 5.97 Å². The van der Waals surface area contributed by atoms with Crippen LogP contribution in [0.5, 0.6) is 0 Å². The van der Waals surface area contributed by atoms with Gasteiger partial charge in [-0.1, -0.05) is 24.9 Å². The summed E-state index contributed by atoms with van der Waals surface area (Å²) >= 11 is 0. The quantitative estimate of drug-likeness (QED) is 0.204. The lowest BCUT2D eigenvalue weighted by Crippen LogP contribution is -2.49. The molecule has 0 aromatic carbocycles. The molecule has 0 spiro atoms. The molecule has 9 nitrogen and oxygen atoms in total. The Labute approximate surface area is 153 Å². The van der Waals surface area contributed by atoms with Crippen LogP contribution in [0.25, 0.3) is 0 Å². The molecule has 0 aliphatic carbocycles. The average molecular weight is 371 g/mol. The van der Waals surface area contributed by atoms with E-state index in [1.54, 1.807) is 20.8 Å². The van der Waals surface area contributed by atoms with E-state index < -0.39 is 41.1 Å². The second-order valence-corrected chi connectivity index (χ2v) is 7.34. The first-order valence-corrected chi connectivity index (χ1v) is 8.86. The summed E-state index contributed by atoms with van der Waals surface area (Å²) in [6.45, 7) is 7.52. The summed E-state index contributed by atoms with van der Waals surface area (Å²) in [5.41, 5.74) is 0.244. The first kappa shape index (κ1) is 21.9. The number of carbonyl (C=O) groups is 3. The van der Waals surface area contributed by atoms with Gasteiger partial charge in [0.05, 0.1) is 5.92 Å². The molecule has 0 unspecified atom stereocenters. The molecule has 0 saturated carbocycles. The molecule has 1 fully saturated rings. The highest BCUT2D eigenvalue weighted by Crippen LogP contribution is 2.25. The number of ether oxygens (including phenoxy) is 1. The highest BCUT2D eigenvalue weighted by molar-refractivity contribution is 6.42. The number of amides is 2. The van der Waals surface area contributed by atoms with Crippen molar-refractivity contribution in [2.24, 2.45) is 11.1 Å². The number of rotatable bonds is 7. The Morgan fingerprint density at radius 2 is 2.00 bits per heavy atom. The maximum absolute atomic E-state index is 13.0. The fourth-order valence-electron chi connectivity index (χ4n) is 2.96. The zero-order valence-corrected chi connectivity index (χ0v) is 15.8. The Hall–Kier alpha value is -2.16. The Morgan fingerprint density at radius 1 is 1.35 bits per heavy atom. The molecule has 26 heavy (non-hydrogen) atoms. The van der Waals surface area contributed by atoms with Crippen molar-refractivity contribution in [1.82, 2.24) is 10.4 Å². The number of hydrogen-bond donors (Lipinski definition) is 3. The van der Waals surface area contributed by atoms with Crippen molar-refractivity contribution in [2.45, 2.75) is 71.4 Å². The molecule has 1 saturated heterocycles. The number of carbonyl (C=O) groups excluding carboxylic acids is 3. The number of oxime groups is 1. The number of esters is 1. The van der Waals surface area contributed by atoms with E-state index in [0.717, 1.165) is 6.42 Å². The van der Waals surface area contributed by atoms with Gasteiger partial charge in [-0.25, -0.2) is 10.3 Å². The minimum absolute atomic E-state index is 0.264. The molecule has 148 valence electrons. The lowest BCUT2D eigenvalue weighted by molar-refractivity contribution is -0.163. The zero-order chi connectivity index (χ0) is 19.9. The van der Waals surface area contributed by atoms with Crippen LogP contribution in [0.15, 0.2) is 5.16 Å². The van der Waals surface area contributed by atoms with Crippen LogP contribution in [0.4, 0.5) is 0 Å². The fraction of sp³-hybridized carbons (Fsp3) is 0.765. The number of unbranched alkanes of at least 4 members (excludes halogenated alkanes) is 1. The van der Waals surface area contributed by atoms with Gasteiger partial charge in [-0.3, -0.25) is 14.8 Å². The van der Waals surface area contributed by atoms with Gasteiger partial charge in [0.1, 0.15) is 11.6 Å². The number of nitrogens with zero attached hydrogens (tertiary/aromatic N) is 2. The third-order valence-electron chi connectivity index (χ3n) is 4.13. The van der Waals surface area contributed by atoms with Crippen LogP contribution in [0.3, 0.4) is 0 Å². The third kappa shape index (κ3) is 5.69. The molecular formula is C17H29N3O6. The van der Waals surface area contributed by atoms with Crippen LogP contribution in [0.1, 0.15) is 59.8 Å². The zero-order valence-electron chi connectivity index (χ0n) is 15.8. The summed E-state index contributed by atoms with van der Waals surface area (Å²) in [4.78, 5) is 38.6. The Bertz CT molecular complexity index is 555. The first-order chi connectivity index (χ1) is 12.2. The molecule has 2 atom stereocenters. The van der Waals surface area contributed by atoms with E-state index in [1.807, 2.05) is 6.92 Å². The summed E-state index contributed by atoms with van der Waals surface area (Å²) in [7, 11) is 0. The van der Waals surface area contributed by atoms with Crippen molar-refractivity contribution < 1.29 is 29.5 Å². The summed E-state index contributed by atoms with van der Waals surface area (Å²) < 4.78 is 5.39. The van der Waals surface area contributed by atoms with Gasteiger partial charge in [-0.15, -0.1) is 0 Å². The third-order valence-corrected chi connectivity index (χ3v) is 4.13. The molecule has 0 aromatic rings. The number of likely N-dealkylation sites (tertiary alicyclic amines) is 1. The highest BCUT2D eigenvalue weighted by Gasteiger charge is 2.41. The molecule has 1 rings (SSSR count). The second kappa shape index (κ2) is 9.51. The average Bonchev–Trinajstić information content (AvgIpc) is 3.05. The Balaban J connectivity index is 3.05. The standard InChI is InChI=1S/C17H29N3O6/c1-5-6-8-11(13(18-24)14(21)19-25)15(22)20-10-7-9-12(20)16(23)26-17(2,3)4/h11-12,24-25H,5-10H2,1-4H3,(H,19,21)/b18-13-/t11-,12+/m1/s1. The van der Waals surface area contributed by atoms with Gasteiger partial charge in [-0.05, 0) is 40.0 Å². The highest BCUT2D eigenvalue weighted by atomic mass is 16.6. The predicted molar refractivity (Wildman–Crippen MR) is 92.7 cm³/mol. The molecule has 0 aromatic heterocycles. The molecule has 9 heteroatoms. The fourth-order valence-corrected chi connectivity index (χ4v) is 2.96. The minimum Gasteiger partial charge on any atom is -0.458 e. The predicted octanol–water partition coefficient (Wildman–Crippen LogP) is 1.46. The molecule has 1 aliphatic heterocycles. The van der Waals surface area contributed by atoms with Crippen molar-refractivity contribution in [2.75, 3.05) is 6.54 Å². The van der Waals surface area contributed by atoms with Gasteiger partial charge in [-0.2, -0.15) is 0 Å². The van der Waals surface area contributed by atoms with Gasteiger partial charge in [0.2, 0.25) is 5.91 Å². The SMILES string of the molecule is CCCC[C@@H](C(=O)N1CCC[C@H]1C(=O)OC(C)(C)C)/C(=N/O)C(=O)NO. The van der Waals surface area contributed by atoms with Gasteiger partial charge in [0.25, 0.3) is 5.91 Å². The van der Waals surface area contributed by atoms with Crippen LogP contribution < -0.4 is 5.48 Å². The smallest absolute Gasteiger partial charge is 0.329 e. The van der Waals surface area contributed by atoms with Gasteiger partial charge < -0.3 is 14.8 Å². The van der Waals surface area contributed by atoms with E-state index in [0.29, 0.717) is 25.8 Å². The van der Waals surface area contributed by atoms with E-state index in [9.17, 15) is 19.6 Å².